The Morgan fingerprint density at radius 1 is 1.00 bits per heavy atom. The maximum absolute atomic E-state index is 12.1. The number of sulfone groups is 1. The third kappa shape index (κ3) is 2.08. The lowest BCUT2D eigenvalue weighted by Crippen LogP contribution is -2.02. The van der Waals surface area contributed by atoms with Crippen molar-refractivity contribution in [1.29, 1.82) is 0 Å². The molecule has 0 unspecified atom stereocenters. The molecule has 0 aliphatic rings. The van der Waals surface area contributed by atoms with Gasteiger partial charge in [-0.15, -0.1) is 0 Å². The van der Waals surface area contributed by atoms with Crippen LogP contribution in [0.2, 0.25) is 5.02 Å². The average molecular weight is 254 g/mol. The first kappa shape index (κ1) is 11.1. The highest BCUT2D eigenvalue weighted by molar-refractivity contribution is 7.91. The van der Waals surface area contributed by atoms with Crippen LogP contribution in [0.25, 0.3) is 0 Å². The molecule has 0 atom stereocenters. The van der Waals surface area contributed by atoms with Crippen LogP contribution < -0.4 is 0 Å². The predicted octanol–water partition coefficient (Wildman–Crippen LogP) is 2.57. The van der Waals surface area contributed by atoms with E-state index in [1.807, 2.05) is 0 Å². The molecule has 5 heteroatoms. The monoisotopic (exact) mass is 253 g/mol. The van der Waals surface area contributed by atoms with Gasteiger partial charge >= 0.3 is 0 Å². The van der Waals surface area contributed by atoms with Gasteiger partial charge < -0.3 is 0 Å². The summed E-state index contributed by atoms with van der Waals surface area (Å²) in [6.45, 7) is 0. The van der Waals surface area contributed by atoms with E-state index in [1.54, 1.807) is 18.2 Å². The number of halogens is 1. The summed E-state index contributed by atoms with van der Waals surface area (Å²) in [5, 5.41) is 0.303. The van der Waals surface area contributed by atoms with Gasteiger partial charge in [-0.25, -0.2) is 8.42 Å². The molecule has 0 saturated carbocycles. The Morgan fingerprint density at radius 2 is 1.69 bits per heavy atom. The smallest absolute Gasteiger partial charge is 0.208 e. The lowest BCUT2D eigenvalue weighted by atomic mass is 10.4. The molecule has 1 heterocycles. The van der Waals surface area contributed by atoms with Gasteiger partial charge in [0.1, 0.15) is 0 Å². The Morgan fingerprint density at radius 3 is 2.31 bits per heavy atom. The number of aromatic nitrogens is 1. The summed E-state index contributed by atoms with van der Waals surface area (Å²) in [6.07, 6.45) is 2.68. The van der Waals surface area contributed by atoms with Crippen LogP contribution in [0.1, 0.15) is 0 Å². The molecule has 0 N–H and O–H groups in total. The molecule has 0 aliphatic heterocycles. The van der Waals surface area contributed by atoms with Crippen LogP contribution in [0.5, 0.6) is 0 Å². The first-order valence-corrected chi connectivity index (χ1v) is 6.37. The topological polar surface area (TPSA) is 47.0 Å². The van der Waals surface area contributed by atoms with Gasteiger partial charge in [0.05, 0.1) is 14.8 Å². The van der Waals surface area contributed by atoms with E-state index in [2.05, 4.69) is 4.98 Å². The van der Waals surface area contributed by atoms with Crippen molar-refractivity contribution >= 4 is 21.4 Å². The van der Waals surface area contributed by atoms with Gasteiger partial charge in [-0.1, -0.05) is 29.8 Å². The summed E-state index contributed by atoms with van der Waals surface area (Å²) in [5.74, 6) is 0. The molecule has 16 heavy (non-hydrogen) atoms. The third-order valence-corrected chi connectivity index (χ3v) is 3.99. The highest BCUT2D eigenvalue weighted by Crippen LogP contribution is 2.21. The van der Waals surface area contributed by atoms with Gasteiger partial charge in [-0.3, -0.25) is 4.98 Å². The molecule has 1 aromatic heterocycles. The predicted molar refractivity (Wildman–Crippen MR) is 61.1 cm³/mol. The van der Waals surface area contributed by atoms with Crippen molar-refractivity contribution in [2.24, 2.45) is 0 Å². The van der Waals surface area contributed by atoms with Crippen LogP contribution in [0, 0.1) is 0 Å². The zero-order valence-corrected chi connectivity index (χ0v) is 9.74. The van der Waals surface area contributed by atoms with E-state index in [-0.39, 0.29) is 9.79 Å². The minimum absolute atomic E-state index is 0.103. The van der Waals surface area contributed by atoms with Crippen LogP contribution in [0.4, 0.5) is 0 Å². The van der Waals surface area contributed by atoms with Crippen LogP contribution in [-0.2, 0) is 9.84 Å². The Balaban J connectivity index is 2.56. The maximum atomic E-state index is 12.1. The standard InChI is InChI=1S/C11H8ClNO2S/c12-9-6-11(8-13-7-9)16(14,15)10-4-2-1-3-5-10/h1-8H. The third-order valence-electron chi connectivity index (χ3n) is 2.04. The molecule has 0 fully saturated rings. The van der Waals surface area contributed by atoms with Crippen molar-refractivity contribution in [2.75, 3.05) is 0 Å². The minimum atomic E-state index is -3.51. The molecule has 1 aromatic carbocycles. The second kappa shape index (κ2) is 4.23. The van der Waals surface area contributed by atoms with Crippen molar-refractivity contribution in [3.8, 4) is 0 Å². The molecular weight excluding hydrogens is 246 g/mol. The highest BCUT2D eigenvalue weighted by Gasteiger charge is 2.17. The second-order valence-corrected chi connectivity index (χ2v) is 5.54. The molecular formula is C11H8ClNO2S. The molecule has 2 aromatic rings. The van der Waals surface area contributed by atoms with Crippen LogP contribution in [-0.4, -0.2) is 13.4 Å². The van der Waals surface area contributed by atoms with Gasteiger partial charge in [0.25, 0.3) is 0 Å². The molecule has 0 bridgehead atoms. The van der Waals surface area contributed by atoms with Crippen LogP contribution in [0.3, 0.4) is 0 Å². The fourth-order valence-electron chi connectivity index (χ4n) is 1.28. The second-order valence-electron chi connectivity index (χ2n) is 3.16. The summed E-state index contributed by atoms with van der Waals surface area (Å²) in [6, 6.07) is 9.56. The maximum Gasteiger partial charge on any atom is 0.208 e. The van der Waals surface area contributed by atoms with E-state index in [4.69, 9.17) is 11.6 Å². The highest BCUT2D eigenvalue weighted by atomic mass is 35.5. The van der Waals surface area contributed by atoms with E-state index in [1.165, 1.54) is 30.6 Å². The SMILES string of the molecule is O=S(=O)(c1ccccc1)c1cncc(Cl)c1. The molecule has 82 valence electrons. The summed E-state index contributed by atoms with van der Waals surface area (Å²) in [7, 11) is -3.51. The Labute approximate surface area is 98.6 Å². The number of hydrogen-bond acceptors (Lipinski definition) is 3. The van der Waals surface area contributed by atoms with Gasteiger partial charge in [0.2, 0.25) is 9.84 Å². The number of hydrogen-bond donors (Lipinski definition) is 0. The van der Waals surface area contributed by atoms with E-state index < -0.39 is 9.84 Å². The zero-order valence-electron chi connectivity index (χ0n) is 8.17. The van der Waals surface area contributed by atoms with Crippen LogP contribution in [0.15, 0.2) is 58.6 Å². The fraction of sp³-hybridized carbons (Fsp3) is 0. The van der Waals surface area contributed by atoms with Gasteiger partial charge in [-0.05, 0) is 18.2 Å². The van der Waals surface area contributed by atoms with Crippen molar-refractivity contribution in [3.63, 3.8) is 0 Å². The first-order valence-electron chi connectivity index (χ1n) is 4.51. The molecule has 2 rings (SSSR count). The van der Waals surface area contributed by atoms with E-state index in [0.717, 1.165) is 0 Å². The van der Waals surface area contributed by atoms with Crippen LogP contribution >= 0.6 is 11.6 Å². The van der Waals surface area contributed by atoms with E-state index in [0.29, 0.717) is 5.02 Å². The number of nitrogens with zero attached hydrogens (tertiary/aromatic N) is 1. The van der Waals surface area contributed by atoms with Gasteiger partial charge in [0, 0.05) is 12.4 Å². The number of rotatable bonds is 2. The average Bonchev–Trinajstić information content (AvgIpc) is 2.30. The molecule has 3 nitrogen and oxygen atoms in total. The lowest BCUT2D eigenvalue weighted by Gasteiger charge is -2.03. The Hall–Kier alpha value is -1.39. The van der Waals surface area contributed by atoms with Gasteiger partial charge in [0.15, 0.2) is 0 Å². The summed E-state index contributed by atoms with van der Waals surface area (Å²) >= 11 is 5.71. The zero-order chi connectivity index (χ0) is 11.6. The molecule has 0 aliphatic carbocycles. The van der Waals surface area contributed by atoms with Crippen molar-refractivity contribution in [1.82, 2.24) is 4.98 Å². The Kier molecular flexibility index (Phi) is 2.94. The molecule has 0 radical (unpaired) electrons. The quantitative estimate of drug-likeness (QED) is 0.826. The largest absolute Gasteiger partial charge is 0.262 e. The summed E-state index contributed by atoms with van der Waals surface area (Å²) < 4.78 is 24.2. The minimum Gasteiger partial charge on any atom is -0.262 e. The summed E-state index contributed by atoms with van der Waals surface area (Å²) in [4.78, 5) is 4.10. The van der Waals surface area contributed by atoms with E-state index in [9.17, 15) is 8.42 Å². The van der Waals surface area contributed by atoms with E-state index >= 15 is 0 Å². The number of pyridine rings is 1. The molecule has 0 saturated heterocycles. The lowest BCUT2D eigenvalue weighted by molar-refractivity contribution is 0.595. The van der Waals surface area contributed by atoms with Crippen molar-refractivity contribution < 1.29 is 8.42 Å². The normalized spacial score (nSPS) is 11.3. The Bertz CT molecular complexity index is 596. The first-order chi connectivity index (χ1) is 7.60. The van der Waals surface area contributed by atoms with Crippen molar-refractivity contribution in [3.05, 3.63) is 53.8 Å². The fourth-order valence-corrected chi connectivity index (χ4v) is 2.78. The number of benzene rings is 1. The van der Waals surface area contributed by atoms with Crippen molar-refractivity contribution in [2.45, 2.75) is 9.79 Å². The molecule has 0 spiro atoms. The van der Waals surface area contributed by atoms with Gasteiger partial charge in [-0.2, -0.15) is 0 Å². The molecule has 0 amide bonds. The summed E-state index contributed by atoms with van der Waals surface area (Å²) in [5.41, 5.74) is 0.